The van der Waals surface area contributed by atoms with Crippen LogP contribution in [0.5, 0.6) is 0 Å². The molecule has 26 heavy (non-hydrogen) atoms. The maximum Gasteiger partial charge on any atom is 0 e. The molecule has 1 rings (SSSR count). The van der Waals surface area contributed by atoms with Crippen molar-refractivity contribution >= 4 is 0 Å². The monoisotopic (exact) mass is 722 g/mol. The van der Waals surface area contributed by atoms with Gasteiger partial charge >= 0.3 is 0 Å². The van der Waals surface area contributed by atoms with Gasteiger partial charge in [0.1, 0.15) is 0 Å². The van der Waals surface area contributed by atoms with E-state index in [0.717, 1.165) is 36.8 Å². The van der Waals surface area contributed by atoms with Crippen molar-refractivity contribution in [1.29, 1.82) is 0 Å². The van der Waals surface area contributed by atoms with Gasteiger partial charge in [0.25, 0.3) is 0 Å². The fourth-order valence-electron chi connectivity index (χ4n) is 0.557. The Labute approximate surface area is 197 Å². The zero-order valence-corrected chi connectivity index (χ0v) is 22.4. The molecule has 0 spiro atoms. The SMILES string of the molecule is [CH2-]CCC.[CH2-]CCC.[CH2-]CCC.[CH2-]CCC.[CH2-]c1ccccc1[CH2-].[Pt].[Pt]. The normalized spacial score (nSPS) is 7.38. The van der Waals surface area contributed by atoms with Crippen molar-refractivity contribution in [3.05, 3.63) is 76.9 Å². The minimum absolute atomic E-state index is 0. The van der Waals surface area contributed by atoms with Crippen LogP contribution in [0.25, 0.3) is 0 Å². The van der Waals surface area contributed by atoms with Crippen LogP contribution in [0.4, 0.5) is 0 Å². The predicted octanol–water partition coefficient (Wildman–Crippen LogP) is 8.53. The van der Waals surface area contributed by atoms with Gasteiger partial charge in [-0.25, -0.2) is 12.1 Å². The van der Waals surface area contributed by atoms with E-state index < -0.39 is 0 Å². The van der Waals surface area contributed by atoms with Gasteiger partial charge in [0, 0.05) is 42.1 Å². The average molecular weight is 723 g/mol. The zero-order chi connectivity index (χ0) is 19.6. The first-order valence-electron chi connectivity index (χ1n) is 9.36. The molecule has 2 heteroatoms. The summed E-state index contributed by atoms with van der Waals surface area (Å²) in [5.74, 6) is 0. The third kappa shape index (κ3) is 56.3. The van der Waals surface area contributed by atoms with Crippen LogP contribution in [0.1, 0.15) is 90.2 Å². The third-order valence-corrected chi connectivity index (χ3v) is 2.53. The molecule has 0 aliphatic rings. The molecule has 0 saturated heterocycles. The molecule has 0 amide bonds. The van der Waals surface area contributed by atoms with Gasteiger partial charge in [-0.3, -0.25) is 25.0 Å². The zero-order valence-electron chi connectivity index (χ0n) is 17.8. The summed E-state index contributed by atoms with van der Waals surface area (Å²) in [6.07, 6.45) is 9.11. The van der Waals surface area contributed by atoms with E-state index in [9.17, 15) is 0 Å². The van der Waals surface area contributed by atoms with E-state index in [0.29, 0.717) is 0 Å². The van der Waals surface area contributed by atoms with Crippen LogP contribution in [0.3, 0.4) is 0 Å². The molecule has 0 bridgehead atoms. The van der Waals surface area contributed by atoms with Crippen LogP contribution in [0.15, 0.2) is 24.3 Å². The molecule has 1 aromatic carbocycles. The minimum atomic E-state index is 0. The average Bonchev–Trinajstić information content (AvgIpc) is 2.65. The molecule has 0 N–H and O–H groups in total. The van der Waals surface area contributed by atoms with Crippen LogP contribution in [-0.2, 0) is 42.1 Å². The molecule has 0 aliphatic carbocycles. The summed E-state index contributed by atoms with van der Waals surface area (Å²) in [7, 11) is 0. The van der Waals surface area contributed by atoms with Crippen molar-refractivity contribution in [2.75, 3.05) is 0 Å². The van der Waals surface area contributed by atoms with Crippen LogP contribution in [0.2, 0.25) is 0 Å². The van der Waals surface area contributed by atoms with Crippen molar-refractivity contribution < 1.29 is 42.1 Å². The first kappa shape index (κ1) is 40.9. The van der Waals surface area contributed by atoms with E-state index in [1.54, 1.807) is 0 Å². The Morgan fingerprint density at radius 3 is 0.769 bits per heavy atom. The number of hydrogen-bond acceptors (Lipinski definition) is 0. The molecule has 0 aromatic heterocycles. The molecule has 166 valence electrons. The summed E-state index contributed by atoms with van der Waals surface area (Å²) in [4.78, 5) is 0. The van der Waals surface area contributed by atoms with Crippen molar-refractivity contribution in [2.24, 2.45) is 0 Å². The summed E-state index contributed by atoms with van der Waals surface area (Å²) in [6.45, 7) is 30.4. The maximum absolute atomic E-state index is 3.76. The Morgan fingerprint density at radius 2 is 0.692 bits per heavy atom. The Bertz CT molecular complexity index is 240. The standard InChI is InChI=1S/C8H8.4C4H9.2Pt/c1-7-5-3-4-6-8(7)2;4*1-3-4-2;;/h3-6H,1-2H2;4*1,3-4H2,2H3;;/q-2;4*-1;;. The molecule has 0 unspecified atom stereocenters. The van der Waals surface area contributed by atoms with E-state index in [4.69, 9.17) is 0 Å². The summed E-state index contributed by atoms with van der Waals surface area (Å²) in [5.41, 5.74) is 2.01. The summed E-state index contributed by atoms with van der Waals surface area (Å²) < 4.78 is 0. The maximum atomic E-state index is 3.76. The Balaban J connectivity index is -0.0000000495. The quantitative estimate of drug-likeness (QED) is 0.274. The smallest absolute Gasteiger partial charge is 0 e. The van der Waals surface area contributed by atoms with Gasteiger partial charge in [0.15, 0.2) is 0 Å². The van der Waals surface area contributed by atoms with E-state index in [2.05, 4.69) is 69.2 Å². The molecule has 0 atom stereocenters. The fourth-order valence-corrected chi connectivity index (χ4v) is 0.557. The van der Waals surface area contributed by atoms with Crippen molar-refractivity contribution in [3.63, 3.8) is 0 Å². The first-order valence-corrected chi connectivity index (χ1v) is 9.36. The van der Waals surface area contributed by atoms with Gasteiger partial charge in [-0.1, -0.05) is 53.4 Å². The Morgan fingerprint density at radius 1 is 0.538 bits per heavy atom. The van der Waals surface area contributed by atoms with Gasteiger partial charge in [-0.2, -0.15) is 25.7 Å². The number of benzene rings is 1. The predicted molar refractivity (Wildman–Crippen MR) is 116 cm³/mol. The van der Waals surface area contributed by atoms with Gasteiger partial charge in [-0.15, -0.1) is 12.1 Å². The molecule has 1 aromatic rings. The van der Waals surface area contributed by atoms with E-state index in [1.807, 2.05) is 24.3 Å². The first-order chi connectivity index (χ1) is 11.5. The second-order valence-corrected chi connectivity index (χ2v) is 5.18. The Hall–Kier alpha value is 0.337. The summed E-state index contributed by atoms with van der Waals surface area (Å²) in [6, 6.07) is 7.80. The molecule has 0 heterocycles. The van der Waals surface area contributed by atoms with Crippen molar-refractivity contribution in [2.45, 2.75) is 79.1 Å². The molecule has 0 nitrogen and oxygen atoms in total. The van der Waals surface area contributed by atoms with Crippen molar-refractivity contribution in [1.82, 2.24) is 0 Å². The largest absolute Gasteiger partial charge is 0.343 e. The van der Waals surface area contributed by atoms with Crippen LogP contribution < -0.4 is 0 Å². The molecule has 0 fully saturated rings. The molecule has 0 radical (unpaired) electrons. The molecular weight excluding hydrogens is 678 g/mol. The van der Waals surface area contributed by atoms with Crippen LogP contribution >= 0.6 is 0 Å². The minimum Gasteiger partial charge on any atom is -0.343 e. The topological polar surface area (TPSA) is 0 Å². The van der Waals surface area contributed by atoms with E-state index >= 15 is 0 Å². The van der Waals surface area contributed by atoms with Crippen molar-refractivity contribution in [3.8, 4) is 0 Å². The van der Waals surface area contributed by atoms with Gasteiger partial charge in [0.05, 0.1) is 0 Å². The molecular formula is C24H44Pt2-6. The van der Waals surface area contributed by atoms with Crippen LogP contribution in [0, 0.1) is 41.5 Å². The second-order valence-electron chi connectivity index (χ2n) is 5.18. The van der Waals surface area contributed by atoms with Gasteiger partial charge in [-0.05, 0) is 0 Å². The second kappa shape index (κ2) is 44.6. The third-order valence-electron chi connectivity index (χ3n) is 2.53. The van der Waals surface area contributed by atoms with Gasteiger partial charge in [0.2, 0.25) is 0 Å². The summed E-state index contributed by atoms with van der Waals surface area (Å²) >= 11 is 0. The Kier molecular flexibility index (Phi) is 70.2. The van der Waals surface area contributed by atoms with E-state index in [1.165, 1.54) is 25.7 Å². The van der Waals surface area contributed by atoms with Gasteiger partial charge < -0.3 is 27.7 Å². The molecule has 0 saturated carbocycles. The number of rotatable bonds is 4. The van der Waals surface area contributed by atoms with Crippen LogP contribution in [-0.4, -0.2) is 0 Å². The number of hydrogen-bond donors (Lipinski definition) is 0. The molecule has 0 aliphatic heterocycles. The van der Waals surface area contributed by atoms with E-state index in [-0.39, 0.29) is 42.1 Å². The number of unbranched alkanes of at least 4 members (excludes halogenated alkanes) is 4. The fraction of sp³-hybridized carbons (Fsp3) is 0.500. The summed E-state index contributed by atoms with van der Waals surface area (Å²) in [5, 5.41) is 0.